The minimum absolute atomic E-state index is 0.00831. The third kappa shape index (κ3) is 6.03. The third-order valence-corrected chi connectivity index (χ3v) is 5.08. The van der Waals surface area contributed by atoms with Crippen LogP contribution < -0.4 is 10.6 Å². The maximum Gasteiger partial charge on any atom is 0.434 e. The van der Waals surface area contributed by atoms with Crippen LogP contribution in [-0.2, 0) is 12.6 Å². The Morgan fingerprint density at radius 2 is 2.00 bits per heavy atom. The van der Waals surface area contributed by atoms with E-state index in [4.69, 9.17) is 0 Å². The van der Waals surface area contributed by atoms with E-state index in [1.807, 2.05) is 0 Å². The van der Waals surface area contributed by atoms with Crippen LogP contribution in [0.3, 0.4) is 0 Å². The number of hydrogen-bond donors (Lipinski definition) is 2. The van der Waals surface area contributed by atoms with Crippen LogP contribution >= 0.6 is 11.3 Å². The van der Waals surface area contributed by atoms with E-state index < -0.39 is 24.0 Å². The molecule has 0 amide bonds. The summed E-state index contributed by atoms with van der Waals surface area (Å²) in [6.45, 7) is 0.278. The summed E-state index contributed by atoms with van der Waals surface area (Å²) in [6.07, 6.45) is -7.16. The molecule has 2 rings (SSSR count). The summed E-state index contributed by atoms with van der Waals surface area (Å²) in [5.41, 5.74) is -0.916. The Labute approximate surface area is 151 Å². The van der Waals surface area contributed by atoms with Gasteiger partial charge in [-0.25, -0.2) is 4.98 Å². The molecule has 0 aliphatic heterocycles. The van der Waals surface area contributed by atoms with Crippen LogP contribution in [0.2, 0.25) is 0 Å². The lowest BCUT2D eigenvalue weighted by atomic mass is 9.85. The molecule has 2 atom stereocenters. The van der Waals surface area contributed by atoms with Crippen molar-refractivity contribution < 1.29 is 26.3 Å². The fourth-order valence-corrected chi connectivity index (χ4v) is 3.65. The van der Waals surface area contributed by atoms with E-state index in [1.165, 1.54) is 7.05 Å². The van der Waals surface area contributed by atoms with E-state index in [0.29, 0.717) is 23.8 Å². The quantitative estimate of drug-likeness (QED) is 0.455. The molecule has 148 valence electrons. The van der Waals surface area contributed by atoms with Gasteiger partial charge in [-0.3, -0.25) is 4.99 Å². The van der Waals surface area contributed by atoms with E-state index in [0.717, 1.165) is 16.7 Å². The number of aromatic nitrogens is 1. The van der Waals surface area contributed by atoms with Crippen molar-refractivity contribution in [2.24, 2.45) is 10.9 Å². The molecular weight excluding hydrogens is 382 g/mol. The molecule has 1 saturated carbocycles. The summed E-state index contributed by atoms with van der Waals surface area (Å²) in [7, 11) is 1.49. The zero-order valence-electron chi connectivity index (χ0n) is 14.0. The largest absolute Gasteiger partial charge is 0.434 e. The van der Waals surface area contributed by atoms with Gasteiger partial charge in [0.05, 0.1) is 10.9 Å². The first kappa shape index (κ1) is 20.8. The van der Waals surface area contributed by atoms with Gasteiger partial charge in [0.25, 0.3) is 0 Å². The molecule has 0 saturated heterocycles. The molecule has 1 heterocycles. The van der Waals surface area contributed by atoms with Gasteiger partial charge in [-0.15, -0.1) is 11.3 Å². The van der Waals surface area contributed by atoms with Crippen LogP contribution in [0.1, 0.15) is 36.4 Å². The van der Waals surface area contributed by atoms with Gasteiger partial charge in [0.2, 0.25) is 0 Å². The fourth-order valence-electron chi connectivity index (χ4n) is 2.85. The SMILES string of the molecule is CN=C(NCCc1nc(C(F)(F)F)cs1)NC1CCCC(C(F)(F)F)C1. The maximum atomic E-state index is 12.9. The molecule has 4 nitrogen and oxygen atoms in total. The van der Waals surface area contributed by atoms with Crippen molar-refractivity contribution in [1.82, 2.24) is 15.6 Å². The normalized spacial score (nSPS) is 22.3. The number of nitrogens with zero attached hydrogens (tertiary/aromatic N) is 2. The number of halogens is 6. The number of rotatable bonds is 4. The van der Waals surface area contributed by atoms with Crippen molar-refractivity contribution in [3.63, 3.8) is 0 Å². The molecule has 0 bridgehead atoms. The monoisotopic (exact) mass is 402 g/mol. The van der Waals surface area contributed by atoms with Gasteiger partial charge in [0, 0.05) is 31.4 Å². The summed E-state index contributed by atoms with van der Waals surface area (Å²) in [6, 6.07) is -0.335. The van der Waals surface area contributed by atoms with Crippen molar-refractivity contribution >= 4 is 17.3 Å². The van der Waals surface area contributed by atoms with Crippen LogP contribution in [0.4, 0.5) is 26.3 Å². The van der Waals surface area contributed by atoms with E-state index in [2.05, 4.69) is 20.6 Å². The molecule has 2 N–H and O–H groups in total. The summed E-state index contributed by atoms with van der Waals surface area (Å²) >= 11 is 0.918. The van der Waals surface area contributed by atoms with Crippen LogP contribution in [0, 0.1) is 5.92 Å². The highest BCUT2D eigenvalue weighted by atomic mass is 32.1. The van der Waals surface area contributed by atoms with E-state index >= 15 is 0 Å². The Balaban J connectivity index is 1.80. The van der Waals surface area contributed by atoms with Crippen molar-refractivity contribution in [2.45, 2.75) is 50.5 Å². The first-order chi connectivity index (χ1) is 12.1. The van der Waals surface area contributed by atoms with E-state index in [9.17, 15) is 26.3 Å². The van der Waals surface area contributed by atoms with Crippen LogP contribution in [-0.4, -0.2) is 36.8 Å². The van der Waals surface area contributed by atoms with Crippen LogP contribution in [0.5, 0.6) is 0 Å². The molecule has 1 aliphatic rings. The molecular formula is C15H20F6N4S. The average molecular weight is 402 g/mol. The van der Waals surface area contributed by atoms with Crippen LogP contribution in [0.25, 0.3) is 0 Å². The van der Waals surface area contributed by atoms with E-state index in [1.54, 1.807) is 0 Å². The Morgan fingerprint density at radius 1 is 1.27 bits per heavy atom. The molecule has 0 spiro atoms. The molecule has 0 aromatic carbocycles. The molecule has 26 heavy (non-hydrogen) atoms. The second-order valence-corrected chi connectivity index (χ2v) is 7.06. The highest BCUT2D eigenvalue weighted by molar-refractivity contribution is 7.09. The second-order valence-electron chi connectivity index (χ2n) is 6.12. The molecule has 1 aromatic heterocycles. The van der Waals surface area contributed by atoms with Crippen molar-refractivity contribution in [2.75, 3.05) is 13.6 Å². The van der Waals surface area contributed by atoms with Crippen LogP contribution in [0.15, 0.2) is 10.4 Å². The average Bonchev–Trinajstić information content (AvgIpc) is 3.02. The van der Waals surface area contributed by atoms with Gasteiger partial charge in [0.15, 0.2) is 11.7 Å². The highest BCUT2D eigenvalue weighted by Crippen LogP contribution is 2.37. The lowest BCUT2D eigenvalue weighted by Crippen LogP contribution is -2.47. The number of alkyl halides is 6. The third-order valence-electron chi connectivity index (χ3n) is 4.18. The Morgan fingerprint density at radius 3 is 2.58 bits per heavy atom. The summed E-state index contributed by atoms with van der Waals surface area (Å²) in [5.74, 6) is -0.978. The first-order valence-electron chi connectivity index (χ1n) is 8.15. The summed E-state index contributed by atoms with van der Waals surface area (Å²) < 4.78 is 76.1. The molecule has 1 aromatic rings. The van der Waals surface area contributed by atoms with Gasteiger partial charge < -0.3 is 10.6 Å². The molecule has 2 unspecified atom stereocenters. The number of guanidine groups is 1. The first-order valence-corrected chi connectivity index (χ1v) is 9.03. The zero-order chi connectivity index (χ0) is 19.4. The van der Waals surface area contributed by atoms with Gasteiger partial charge in [-0.1, -0.05) is 6.42 Å². The second kappa shape index (κ2) is 8.45. The Kier molecular flexibility index (Phi) is 6.75. The van der Waals surface area contributed by atoms with Crippen molar-refractivity contribution in [3.05, 3.63) is 16.1 Å². The van der Waals surface area contributed by atoms with Gasteiger partial charge >= 0.3 is 12.4 Å². The summed E-state index contributed by atoms with van der Waals surface area (Å²) in [4.78, 5) is 7.49. The maximum absolute atomic E-state index is 12.9. The molecule has 11 heteroatoms. The Hall–Kier alpha value is -1.52. The summed E-state index contributed by atoms with van der Waals surface area (Å²) in [5, 5.41) is 7.16. The Bertz CT molecular complexity index is 610. The smallest absolute Gasteiger partial charge is 0.356 e. The van der Waals surface area contributed by atoms with Gasteiger partial charge in [-0.05, 0) is 19.3 Å². The standard InChI is InChI=1S/C15H20F6N4S/c1-22-13(24-10-4-2-3-9(7-10)14(16,17)18)23-6-5-12-25-11(8-26-12)15(19,20)21/h8-10H,2-7H2,1H3,(H2,22,23,24). The number of hydrogen-bond acceptors (Lipinski definition) is 3. The number of aliphatic imine (C=N–C) groups is 1. The minimum atomic E-state index is -4.46. The van der Waals surface area contributed by atoms with Gasteiger partial charge in [0.1, 0.15) is 0 Å². The predicted molar refractivity (Wildman–Crippen MR) is 87.1 cm³/mol. The lowest BCUT2D eigenvalue weighted by Gasteiger charge is -2.31. The van der Waals surface area contributed by atoms with Crippen molar-refractivity contribution in [3.8, 4) is 0 Å². The number of nitrogens with one attached hydrogen (secondary N) is 2. The van der Waals surface area contributed by atoms with E-state index in [-0.39, 0.29) is 31.8 Å². The van der Waals surface area contributed by atoms with Crippen molar-refractivity contribution in [1.29, 1.82) is 0 Å². The highest BCUT2D eigenvalue weighted by Gasteiger charge is 2.42. The molecule has 1 aliphatic carbocycles. The lowest BCUT2D eigenvalue weighted by molar-refractivity contribution is -0.183. The number of thiazole rings is 1. The predicted octanol–water partition coefficient (Wildman–Crippen LogP) is 3.99. The topological polar surface area (TPSA) is 49.3 Å². The zero-order valence-corrected chi connectivity index (χ0v) is 14.9. The molecule has 0 radical (unpaired) electrons. The van der Waals surface area contributed by atoms with Gasteiger partial charge in [-0.2, -0.15) is 26.3 Å². The fraction of sp³-hybridized carbons (Fsp3) is 0.733. The molecule has 1 fully saturated rings. The minimum Gasteiger partial charge on any atom is -0.356 e.